The van der Waals surface area contributed by atoms with Gasteiger partial charge in [0.1, 0.15) is 12.4 Å². The smallest absolute Gasteiger partial charge is 0.255 e. The van der Waals surface area contributed by atoms with E-state index in [4.69, 9.17) is 4.74 Å². The number of thiazole rings is 1. The van der Waals surface area contributed by atoms with Crippen molar-refractivity contribution < 1.29 is 9.53 Å². The van der Waals surface area contributed by atoms with Gasteiger partial charge in [0.2, 0.25) is 0 Å². The number of rotatable bonds is 5. The fourth-order valence-corrected chi connectivity index (χ4v) is 2.66. The normalized spacial score (nSPS) is 10.3. The van der Waals surface area contributed by atoms with Gasteiger partial charge in [-0.3, -0.25) is 4.79 Å². The first-order chi connectivity index (χ1) is 11.2. The number of anilines is 1. The highest BCUT2D eigenvalue weighted by atomic mass is 32.1. The van der Waals surface area contributed by atoms with E-state index in [9.17, 15) is 4.79 Å². The summed E-state index contributed by atoms with van der Waals surface area (Å²) in [4.78, 5) is 16.5. The maximum atomic E-state index is 12.3. The summed E-state index contributed by atoms with van der Waals surface area (Å²) in [5.74, 6) is 0.490. The van der Waals surface area contributed by atoms with Crippen LogP contribution in [0.2, 0.25) is 0 Å². The molecule has 2 aromatic carbocycles. The van der Waals surface area contributed by atoms with Crippen molar-refractivity contribution in [2.24, 2.45) is 0 Å². The Labute approximate surface area is 138 Å². The number of ether oxygens (including phenoxy) is 1. The van der Waals surface area contributed by atoms with Crippen LogP contribution in [0.1, 0.15) is 21.6 Å². The van der Waals surface area contributed by atoms with E-state index in [1.54, 1.807) is 17.6 Å². The first kappa shape index (κ1) is 15.2. The number of aromatic nitrogens is 1. The van der Waals surface area contributed by atoms with Gasteiger partial charge >= 0.3 is 0 Å². The molecule has 3 aromatic rings. The van der Waals surface area contributed by atoms with Crippen LogP contribution in [-0.2, 0) is 6.61 Å². The minimum atomic E-state index is -0.158. The van der Waals surface area contributed by atoms with Gasteiger partial charge in [-0.1, -0.05) is 18.2 Å². The number of carbonyl (C=O) groups is 1. The second-order valence-electron chi connectivity index (χ2n) is 5.12. The number of benzene rings is 2. The van der Waals surface area contributed by atoms with Crippen LogP contribution in [0, 0.1) is 6.92 Å². The summed E-state index contributed by atoms with van der Waals surface area (Å²) in [5.41, 5.74) is 5.09. The van der Waals surface area contributed by atoms with Gasteiger partial charge in [0.25, 0.3) is 5.91 Å². The molecule has 1 aromatic heterocycles. The van der Waals surface area contributed by atoms with Crippen molar-refractivity contribution in [3.63, 3.8) is 0 Å². The van der Waals surface area contributed by atoms with Crippen LogP contribution in [0.5, 0.6) is 5.75 Å². The van der Waals surface area contributed by atoms with Crippen molar-refractivity contribution in [3.8, 4) is 5.75 Å². The summed E-state index contributed by atoms with van der Waals surface area (Å²) in [7, 11) is 0. The van der Waals surface area contributed by atoms with Crippen molar-refractivity contribution in [1.82, 2.24) is 4.98 Å². The standard InChI is InChI=1S/C18H16N2O2S/c1-13-4-2-6-15(8-13)20-18(21)14-5-3-7-17(9-14)22-10-16-11-23-12-19-16/h2-9,11-12H,10H2,1H3,(H,20,21). The van der Waals surface area contributed by atoms with E-state index in [-0.39, 0.29) is 5.91 Å². The Bertz CT molecular complexity index is 800. The van der Waals surface area contributed by atoms with E-state index in [0.29, 0.717) is 17.9 Å². The van der Waals surface area contributed by atoms with Gasteiger partial charge in [0.15, 0.2) is 0 Å². The topological polar surface area (TPSA) is 51.2 Å². The molecule has 0 aliphatic heterocycles. The third-order valence-corrected chi connectivity index (χ3v) is 3.88. The van der Waals surface area contributed by atoms with Gasteiger partial charge in [0.05, 0.1) is 11.2 Å². The maximum absolute atomic E-state index is 12.3. The molecular formula is C18H16N2O2S. The van der Waals surface area contributed by atoms with Gasteiger partial charge in [-0.05, 0) is 42.8 Å². The van der Waals surface area contributed by atoms with E-state index in [1.165, 1.54) is 11.3 Å². The molecule has 0 aliphatic carbocycles. The number of aryl methyl sites for hydroxylation is 1. The average molecular weight is 324 g/mol. The zero-order chi connectivity index (χ0) is 16.1. The van der Waals surface area contributed by atoms with E-state index < -0.39 is 0 Å². The lowest BCUT2D eigenvalue weighted by Crippen LogP contribution is -2.12. The predicted octanol–water partition coefficient (Wildman–Crippen LogP) is 4.28. The molecule has 0 radical (unpaired) electrons. The monoisotopic (exact) mass is 324 g/mol. The Morgan fingerprint density at radius 1 is 1.22 bits per heavy atom. The fraction of sp³-hybridized carbons (Fsp3) is 0.111. The van der Waals surface area contributed by atoms with Gasteiger partial charge in [-0.2, -0.15) is 0 Å². The van der Waals surface area contributed by atoms with Crippen molar-refractivity contribution >= 4 is 22.9 Å². The maximum Gasteiger partial charge on any atom is 0.255 e. The molecule has 1 N–H and O–H groups in total. The fourth-order valence-electron chi connectivity index (χ4n) is 2.12. The Morgan fingerprint density at radius 2 is 2.09 bits per heavy atom. The first-order valence-corrected chi connectivity index (χ1v) is 8.13. The molecule has 116 valence electrons. The molecule has 3 rings (SSSR count). The molecule has 0 bridgehead atoms. The molecule has 0 saturated heterocycles. The summed E-state index contributed by atoms with van der Waals surface area (Å²) in [6.07, 6.45) is 0. The number of nitrogens with one attached hydrogen (secondary N) is 1. The Hall–Kier alpha value is -2.66. The van der Waals surface area contributed by atoms with E-state index in [1.807, 2.05) is 48.7 Å². The average Bonchev–Trinajstić information content (AvgIpc) is 3.07. The van der Waals surface area contributed by atoms with E-state index in [0.717, 1.165) is 16.9 Å². The Balaban J connectivity index is 1.67. The Kier molecular flexibility index (Phi) is 4.68. The van der Waals surface area contributed by atoms with Gasteiger partial charge in [-0.25, -0.2) is 4.98 Å². The highest BCUT2D eigenvalue weighted by Gasteiger charge is 2.08. The largest absolute Gasteiger partial charge is 0.487 e. The number of carbonyl (C=O) groups excluding carboxylic acids is 1. The SMILES string of the molecule is Cc1cccc(NC(=O)c2cccc(OCc3cscn3)c2)c1. The Morgan fingerprint density at radius 3 is 2.87 bits per heavy atom. The number of amides is 1. The minimum absolute atomic E-state index is 0.158. The van der Waals surface area contributed by atoms with E-state index in [2.05, 4.69) is 10.3 Å². The third kappa shape index (κ3) is 4.17. The summed E-state index contributed by atoms with van der Waals surface area (Å²) >= 11 is 1.53. The zero-order valence-corrected chi connectivity index (χ0v) is 13.5. The molecular weight excluding hydrogens is 308 g/mol. The second kappa shape index (κ2) is 7.07. The number of nitrogens with zero attached hydrogens (tertiary/aromatic N) is 1. The van der Waals surface area contributed by atoms with Gasteiger partial charge < -0.3 is 10.1 Å². The molecule has 1 heterocycles. The van der Waals surface area contributed by atoms with Crippen LogP contribution in [0.4, 0.5) is 5.69 Å². The lowest BCUT2D eigenvalue weighted by Gasteiger charge is -2.08. The van der Waals surface area contributed by atoms with E-state index >= 15 is 0 Å². The molecule has 4 nitrogen and oxygen atoms in total. The quantitative estimate of drug-likeness (QED) is 0.762. The molecule has 23 heavy (non-hydrogen) atoms. The van der Waals surface area contributed by atoms with Crippen molar-refractivity contribution in [2.75, 3.05) is 5.32 Å². The molecule has 0 saturated carbocycles. The molecule has 0 aliphatic rings. The van der Waals surface area contributed by atoms with Crippen LogP contribution in [0.25, 0.3) is 0 Å². The second-order valence-corrected chi connectivity index (χ2v) is 5.84. The zero-order valence-electron chi connectivity index (χ0n) is 12.7. The number of hydrogen-bond donors (Lipinski definition) is 1. The highest BCUT2D eigenvalue weighted by molar-refractivity contribution is 7.07. The predicted molar refractivity (Wildman–Crippen MR) is 92.0 cm³/mol. The summed E-state index contributed by atoms with van der Waals surface area (Å²) in [6, 6.07) is 14.8. The highest BCUT2D eigenvalue weighted by Crippen LogP contribution is 2.17. The van der Waals surface area contributed by atoms with Crippen molar-refractivity contribution in [3.05, 3.63) is 76.2 Å². The summed E-state index contributed by atoms with van der Waals surface area (Å²) < 4.78 is 5.67. The molecule has 0 unspecified atom stereocenters. The van der Waals surface area contributed by atoms with Gasteiger partial charge in [0, 0.05) is 16.6 Å². The third-order valence-electron chi connectivity index (χ3n) is 3.24. The van der Waals surface area contributed by atoms with Crippen molar-refractivity contribution in [1.29, 1.82) is 0 Å². The van der Waals surface area contributed by atoms with Gasteiger partial charge in [-0.15, -0.1) is 11.3 Å². The lowest BCUT2D eigenvalue weighted by molar-refractivity contribution is 0.102. The summed E-state index contributed by atoms with van der Waals surface area (Å²) in [5, 5.41) is 4.83. The summed E-state index contributed by atoms with van der Waals surface area (Å²) in [6.45, 7) is 2.38. The van der Waals surface area contributed by atoms with Crippen LogP contribution in [0.15, 0.2) is 59.4 Å². The number of hydrogen-bond acceptors (Lipinski definition) is 4. The van der Waals surface area contributed by atoms with Crippen LogP contribution >= 0.6 is 11.3 Å². The molecule has 0 spiro atoms. The molecule has 0 fully saturated rings. The minimum Gasteiger partial charge on any atom is -0.487 e. The molecule has 0 atom stereocenters. The lowest BCUT2D eigenvalue weighted by atomic mass is 10.2. The van der Waals surface area contributed by atoms with Crippen LogP contribution < -0.4 is 10.1 Å². The van der Waals surface area contributed by atoms with Crippen molar-refractivity contribution in [2.45, 2.75) is 13.5 Å². The van der Waals surface area contributed by atoms with Crippen LogP contribution in [-0.4, -0.2) is 10.9 Å². The first-order valence-electron chi connectivity index (χ1n) is 7.19. The van der Waals surface area contributed by atoms with Crippen LogP contribution in [0.3, 0.4) is 0 Å². The molecule has 1 amide bonds. The molecule has 5 heteroatoms.